The van der Waals surface area contributed by atoms with Gasteiger partial charge in [0, 0.05) is 5.56 Å². The largest absolute Gasteiger partial charge is 0.496 e. The highest BCUT2D eigenvalue weighted by molar-refractivity contribution is 5.88. The van der Waals surface area contributed by atoms with Crippen LogP contribution >= 0.6 is 0 Å². The van der Waals surface area contributed by atoms with Crippen molar-refractivity contribution < 1.29 is 18.0 Å². The first kappa shape index (κ1) is 21.5. The molecule has 0 saturated carbocycles. The van der Waals surface area contributed by atoms with Crippen molar-refractivity contribution in [2.75, 3.05) is 7.11 Å². The fourth-order valence-electron chi connectivity index (χ4n) is 4.02. The van der Waals surface area contributed by atoms with Gasteiger partial charge in [-0.2, -0.15) is 9.78 Å². The average Bonchev–Trinajstić information content (AvgIpc) is 3.56. The van der Waals surface area contributed by atoms with Gasteiger partial charge in [-0.25, -0.2) is 9.37 Å². The zero-order chi connectivity index (χ0) is 24.6. The Bertz CT molecular complexity index is 1810. The van der Waals surface area contributed by atoms with Crippen molar-refractivity contribution in [2.24, 2.45) is 5.10 Å². The molecule has 0 aliphatic rings. The Hall–Kier alpha value is -4.98. The number of hydrogen-bond acceptors (Lipinski definition) is 6. The van der Waals surface area contributed by atoms with E-state index in [0.29, 0.717) is 39.5 Å². The van der Waals surface area contributed by atoms with Crippen LogP contribution in [-0.2, 0) is 0 Å². The first-order chi connectivity index (χ1) is 17.6. The summed E-state index contributed by atoms with van der Waals surface area (Å²) in [7, 11) is 1.58. The van der Waals surface area contributed by atoms with Crippen LogP contribution in [0.4, 0.5) is 4.39 Å². The Balaban J connectivity index is 1.47. The van der Waals surface area contributed by atoms with Crippen molar-refractivity contribution in [1.82, 2.24) is 9.66 Å². The molecule has 0 fully saturated rings. The summed E-state index contributed by atoms with van der Waals surface area (Å²) >= 11 is 0. The van der Waals surface area contributed by atoms with Crippen LogP contribution in [0.25, 0.3) is 44.8 Å². The molecule has 0 saturated heterocycles. The molecule has 0 N–H and O–H groups in total. The summed E-state index contributed by atoms with van der Waals surface area (Å²) in [5.41, 5.74) is 1.48. The third kappa shape index (κ3) is 3.74. The molecule has 36 heavy (non-hydrogen) atoms. The summed E-state index contributed by atoms with van der Waals surface area (Å²) in [6.07, 6.45) is 1.43. The maximum absolute atomic E-state index is 13.4. The fraction of sp³-hybridized carbons (Fsp3) is 0.0357. The molecule has 3 aromatic carbocycles. The van der Waals surface area contributed by atoms with Crippen LogP contribution in [0.5, 0.6) is 5.75 Å². The van der Waals surface area contributed by atoms with Gasteiger partial charge in [0.15, 0.2) is 5.76 Å². The molecule has 0 bridgehead atoms. The van der Waals surface area contributed by atoms with Crippen molar-refractivity contribution >= 4 is 28.1 Å². The lowest BCUT2D eigenvalue weighted by Gasteiger charge is -2.06. The monoisotopic (exact) mass is 479 g/mol. The fourth-order valence-corrected chi connectivity index (χ4v) is 4.02. The van der Waals surface area contributed by atoms with E-state index >= 15 is 0 Å². The molecule has 8 heteroatoms. The standard InChI is InChI=1S/C28H18FN3O4/c1-34-24-7-4-8-25-21(24)15-26(36-25)27-31-22-6-3-2-5-20(22)28(33)32(27)30-16-19-13-14-23(35-19)17-9-11-18(29)12-10-17/h2-16H,1H3. The van der Waals surface area contributed by atoms with E-state index in [-0.39, 0.29) is 17.2 Å². The Morgan fingerprint density at radius 1 is 0.917 bits per heavy atom. The normalized spacial score (nSPS) is 11.6. The molecule has 0 unspecified atom stereocenters. The number of hydrogen-bond donors (Lipinski definition) is 0. The van der Waals surface area contributed by atoms with Crippen molar-refractivity contribution in [3.05, 3.63) is 107 Å². The molecule has 0 aliphatic heterocycles. The van der Waals surface area contributed by atoms with Gasteiger partial charge in [0.05, 0.1) is 29.6 Å². The van der Waals surface area contributed by atoms with Gasteiger partial charge < -0.3 is 13.6 Å². The Labute approximate surface area is 203 Å². The average molecular weight is 479 g/mol. The smallest absolute Gasteiger partial charge is 0.282 e. The Morgan fingerprint density at radius 3 is 2.58 bits per heavy atom. The molecule has 6 rings (SSSR count). The molecule has 3 heterocycles. The molecule has 176 valence electrons. The first-order valence-electron chi connectivity index (χ1n) is 11.1. The maximum Gasteiger partial charge on any atom is 0.282 e. The van der Waals surface area contributed by atoms with Gasteiger partial charge in [-0.1, -0.05) is 18.2 Å². The van der Waals surface area contributed by atoms with E-state index in [0.717, 1.165) is 10.9 Å². The topological polar surface area (TPSA) is 82.8 Å². The van der Waals surface area contributed by atoms with Gasteiger partial charge in [-0.15, -0.1) is 0 Å². The summed E-state index contributed by atoms with van der Waals surface area (Å²) in [4.78, 5) is 18.1. The third-order valence-corrected chi connectivity index (χ3v) is 5.77. The lowest BCUT2D eigenvalue weighted by Crippen LogP contribution is -2.20. The lowest BCUT2D eigenvalue weighted by atomic mass is 10.2. The summed E-state index contributed by atoms with van der Waals surface area (Å²) in [6.45, 7) is 0. The molecule has 3 aromatic heterocycles. The molecule has 0 spiro atoms. The van der Waals surface area contributed by atoms with Crippen LogP contribution in [-0.4, -0.2) is 23.0 Å². The Kier molecular flexibility index (Phi) is 5.19. The van der Waals surface area contributed by atoms with E-state index in [1.807, 2.05) is 24.3 Å². The second-order valence-corrected chi connectivity index (χ2v) is 8.01. The number of aromatic nitrogens is 2. The highest BCUT2D eigenvalue weighted by Gasteiger charge is 2.18. The predicted octanol–water partition coefficient (Wildman–Crippen LogP) is 6.10. The molecule has 6 aromatic rings. The SMILES string of the molecule is COc1cccc2oc(-c3nc4ccccc4c(=O)n3N=Cc3ccc(-c4ccc(F)cc4)o3)cc12. The van der Waals surface area contributed by atoms with Crippen LogP contribution in [0.15, 0.2) is 104 Å². The van der Waals surface area contributed by atoms with Crippen LogP contribution in [0.3, 0.4) is 0 Å². The van der Waals surface area contributed by atoms with Crippen molar-refractivity contribution in [3.8, 4) is 28.7 Å². The number of ether oxygens (including phenoxy) is 1. The van der Waals surface area contributed by atoms with E-state index in [2.05, 4.69) is 10.1 Å². The van der Waals surface area contributed by atoms with Gasteiger partial charge in [0.2, 0.25) is 5.82 Å². The highest BCUT2D eigenvalue weighted by Crippen LogP contribution is 2.33. The molecule has 0 aliphatic carbocycles. The molecular weight excluding hydrogens is 461 g/mol. The van der Waals surface area contributed by atoms with E-state index in [1.165, 1.54) is 23.0 Å². The number of benzene rings is 3. The summed E-state index contributed by atoms with van der Waals surface area (Å²) < 4.78 is 31.7. The minimum atomic E-state index is -0.357. The van der Waals surface area contributed by atoms with Crippen LogP contribution in [0, 0.1) is 5.82 Å². The zero-order valence-electron chi connectivity index (χ0n) is 19.0. The third-order valence-electron chi connectivity index (χ3n) is 5.77. The van der Waals surface area contributed by atoms with Crippen molar-refractivity contribution in [2.45, 2.75) is 0 Å². The second kappa shape index (κ2) is 8.66. The molecule has 0 radical (unpaired) electrons. The van der Waals surface area contributed by atoms with Crippen LogP contribution < -0.4 is 10.3 Å². The lowest BCUT2D eigenvalue weighted by molar-refractivity contribution is 0.419. The minimum Gasteiger partial charge on any atom is -0.496 e. The van der Waals surface area contributed by atoms with Crippen LogP contribution in [0.1, 0.15) is 5.76 Å². The second-order valence-electron chi connectivity index (χ2n) is 8.01. The van der Waals surface area contributed by atoms with Crippen molar-refractivity contribution in [1.29, 1.82) is 0 Å². The number of nitrogens with zero attached hydrogens (tertiary/aromatic N) is 3. The number of halogens is 1. The summed E-state index contributed by atoms with van der Waals surface area (Å²) in [6, 6.07) is 23.7. The van der Waals surface area contributed by atoms with Gasteiger partial charge in [-0.3, -0.25) is 4.79 Å². The van der Waals surface area contributed by atoms with Gasteiger partial charge in [0.25, 0.3) is 5.56 Å². The van der Waals surface area contributed by atoms with Crippen molar-refractivity contribution in [3.63, 3.8) is 0 Å². The van der Waals surface area contributed by atoms with Gasteiger partial charge >= 0.3 is 0 Å². The molecular formula is C28H18FN3O4. The quantitative estimate of drug-likeness (QED) is 0.279. The number of fused-ring (bicyclic) bond motifs is 2. The maximum atomic E-state index is 13.4. The first-order valence-corrected chi connectivity index (χ1v) is 11.1. The highest BCUT2D eigenvalue weighted by atomic mass is 19.1. The zero-order valence-corrected chi connectivity index (χ0v) is 19.0. The van der Waals surface area contributed by atoms with E-state index in [1.54, 1.807) is 55.6 Å². The molecule has 0 atom stereocenters. The van der Waals surface area contributed by atoms with E-state index in [4.69, 9.17) is 13.6 Å². The van der Waals surface area contributed by atoms with Crippen LogP contribution in [0.2, 0.25) is 0 Å². The minimum absolute atomic E-state index is 0.235. The Morgan fingerprint density at radius 2 is 1.75 bits per heavy atom. The number of rotatable bonds is 5. The number of para-hydroxylation sites is 1. The number of methoxy groups -OCH3 is 1. The summed E-state index contributed by atoms with van der Waals surface area (Å²) in [5.74, 6) is 1.87. The number of furan rings is 2. The van der Waals surface area contributed by atoms with E-state index < -0.39 is 0 Å². The molecule has 0 amide bonds. The van der Waals surface area contributed by atoms with Gasteiger partial charge in [0.1, 0.15) is 28.7 Å². The molecule has 7 nitrogen and oxygen atoms in total. The summed E-state index contributed by atoms with van der Waals surface area (Å²) in [5, 5.41) is 5.58. The van der Waals surface area contributed by atoms with E-state index in [9.17, 15) is 9.18 Å². The van der Waals surface area contributed by atoms with Gasteiger partial charge in [-0.05, 0) is 66.7 Å². The predicted molar refractivity (Wildman–Crippen MR) is 135 cm³/mol.